The van der Waals surface area contributed by atoms with Crippen molar-refractivity contribution in [2.24, 2.45) is 16.8 Å². The summed E-state index contributed by atoms with van der Waals surface area (Å²) < 4.78 is 35.8. The van der Waals surface area contributed by atoms with Gasteiger partial charge in [0.15, 0.2) is 0 Å². The minimum atomic E-state index is -4.43. The fourth-order valence-electron chi connectivity index (χ4n) is 1.77. The van der Waals surface area contributed by atoms with Crippen molar-refractivity contribution < 1.29 is 23.2 Å². The zero-order chi connectivity index (χ0) is 13.8. The highest BCUT2D eigenvalue weighted by molar-refractivity contribution is 5.83. The molecule has 0 spiro atoms. The monoisotopic (exact) mass is 268 g/mol. The number of amides is 2. The van der Waals surface area contributed by atoms with Gasteiger partial charge in [-0.2, -0.15) is 13.2 Å². The average Bonchev–Trinajstić information content (AvgIpc) is 2.34. The lowest BCUT2D eigenvalue weighted by molar-refractivity contribution is -0.123. The summed E-state index contributed by atoms with van der Waals surface area (Å²) in [7, 11) is 0. The number of urea groups is 1. The second-order valence-electron chi connectivity index (χ2n) is 4.08. The number of hydrogen-bond donors (Lipinski definition) is 3. The van der Waals surface area contributed by atoms with Crippen LogP contribution in [-0.2, 0) is 0 Å². The van der Waals surface area contributed by atoms with Gasteiger partial charge < -0.3 is 21.2 Å². The predicted octanol–water partition coefficient (Wildman–Crippen LogP) is 0.717. The molecule has 1 fully saturated rings. The average molecular weight is 268 g/mol. The van der Waals surface area contributed by atoms with Crippen LogP contribution in [0.25, 0.3) is 0 Å². The van der Waals surface area contributed by atoms with E-state index < -0.39 is 18.8 Å². The summed E-state index contributed by atoms with van der Waals surface area (Å²) in [4.78, 5) is 12.7. The molecule has 1 rings (SSSR count). The maximum Gasteiger partial charge on any atom is 0.405 e. The number of piperidine rings is 1. The third kappa shape index (κ3) is 4.30. The van der Waals surface area contributed by atoms with Crippen LogP contribution in [0.15, 0.2) is 5.16 Å². The number of rotatable bonds is 2. The summed E-state index contributed by atoms with van der Waals surface area (Å²) in [5, 5.41) is 13.2. The first-order valence-corrected chi connectivity index (χ1v) is 5.40. The van der Waals surface area contributed by atoms with Crippen molar-refractivity contribution >= 4 is 11.9 Å². The molecule has 0 aromatic rings. The highest BCUT2D eigenvalue weighted by Crippen LogP contribution is 2.17. The van der Waals surface area contributed by atoms with Gasteiger partial charge in [-0.25, -0.2) is 4.79 Å². The zero-order valence-electron chi connectivity index (χ0n) is 9.57. The Balaban J connectivity index is 2.48. The van der Waals surface area contributed by atoms with Gasteiger partial charge in [0.05, 0.1) is 0 Å². The standard InChI is InChI=1S/C9H15F3N4O2/c10-9(11,12)5-14-8(17)16-3-1-2-6(4-16)7(13)15-18/h6,18H,1-5H2,(H2,13,15)(H,14,17). The van der Waals surface area contributed by atoms with Gasteiger partial charge in [0.2, 0.25) is 0 Å². The SMILES string of the molecule is NC(=NO)C1CCCN(C(=O)NCC(F)(F)F)C1. The zero-order valence-corrected chi connectivity index (χ0v) is 9.57. The summed E-state index contributed by atoms with van der Waals surface area (Å²) in [5.74, 6) is -0.330. The van der Waals surface area contributed by atoms with Crippen molar-refractivity contribution in [2.45, 2.75) is 19.0 Å². The number of nitrogens with one attached hydrogen (secondary N) is 1. The van der Waals surface area contributed by atoms with Crippen LogP contribution in [0.4, 0.5) is 18.0 Å². The highest BCUT2D eigenvalue weighted by Gasteiger charge is 2.31. The maximum absolute atomic E-state index is 11.9. The first-order chi connectivity index (χ1) is 8.33. The number of oxime groups is 1. The van der Waals surface area contributed by atoms with Gasteiger partial charge in [-0.3, -0.25) is 0 Å². The number of halogens is 3. The van der Waals surface area contributed by atoms with Crippen LogP contribution in [0.2, 0.25) is 0 Å². The molecule has 0 saturated carbocycles. The van der Waals surface area contributed by atoms with E-state index in [1.807, 2.05) is 0 Å². The summed E-state index contributed by atoms with van der Waals surface area (Å²) in [6.45, 7) is -0.852. The number of hydrogen-bond acceptors (Lipinski definition) is 3. The summed E-state index contributed by atoms with van der Waals surface area (Å²) in [6, 6.07) is -0.789. The van der Waals surface area contributed by atoms with Gasteiger partial charge in [0.1, 0.15) is 12.4 Å². The summed E-state index contributed by atoms with van der Waals surface area (Å²) in [6.07, 6.45) is -3.20. The number of likely N-dealkylation sites (tertiary alicyclic amines) is 1. The minimum absolute atomic E-state index is 0.0108. The molecule has 1 aliphatic heterocycles. The van der Waals surface area contributed by atoms with Crippen LogP contribution in [0.1, 0.15) is 12.8 Å². The summed E-state index contributed by atoms with van der Waals surface area (Å²) >= 11 is 0. The molecule has 4 N–H and O–H groups in total. The number of alkyl halides is 3. The number of nitrogens with zero attached hydrogens (tertiary/aromatic N) is 2. The third-order valence-corrected chi connectivity index (χ3v) is 2.68. The Morgan fingerprint density at radius 3 is 2.78 bits per heavy atom. The smallest absolute Gasteiger partial charge is 0.405 e. The van der Waals surface area contributed by atoms with Gasteiger partial charge in [-0.15, -0.1) is 0 Å². The quantitative estimate of drug-likeness (QED) is 0.298. The molecule has 9 heteroatoms. The molecule has 2 amide bonds. The number of amidine groups is 1. The van der Waals surface area contributed by atoms with E-state index in [-0.39, 0.29) is 18.3 Å². The van der Waals surface area contributed by atoms with E-state index in [0.717, 1.165) is 0 Å². The lowest BCUT2D eigenvalue weighted by Crippen LogP contribution is -2.49. The van der Waals surface area contributed by atoms with Crippen LogP contribution in [-0.4, -0.2) is 47.8 Å². The number of nitrogens with two attached hydrogens (primary N) is 1. The molecular weight excluding hydrogens is 253 g/mol. The van der Waals surface area contributed by atoms with Crippen molar-refractivity contribution in [3.05, 3.63) is 0 Å². The van der Waals surface area contributed by atoms with E-state index in [0.29, 0.717) is 19.4 Å². The first kappa shape index (κ1) is 14.4. The Labute approximate surface area is 102 Å². The fourth-order valence-corrected chi connectivity index (χ4v) is 1.77. The Kier molecular flexibility index (Phi) is 4.62. The lowest BCUT2D eigenvalue weighted by Gasteiger charge is -2.32. The Morgan fingerprint density at radius 2 is 2.22 bits per heavy atom. The van der Waals surface area contributed by atoms with E-state index in [9.17, 15) is 18.0 Å². The number of carbonyl (C=O) groups is 1. The summed E-state index contributed by atoms with van der Waals surface area (Å²) in [5.41, 5.74) is 5.41. The first-order valence-electron chi connectivity index (χ1n) is 5.40. The fraction of sp³-hybridized carbons (Fsp3) is 0.778. The molecule has 0 aromatic carbocycles. The minimum Gasteiger partial charge on any atom is -0.409 e. The van der Waals surface area contributed by atoms with Gasteiger partial charge in [0, 0.05) is 19.0 Å². The third-order valence-electron chi connectivity index (χ3n) is 2.68. The van der Waals surface area contributed by atoms with Gasteiger partial charge in [-0.05, 0) is 12.8 Å². The Bertz CT molecular complexity index is 332. The van der Waals surface area contributed by atoms with Crippen LogP contribution < -0.4 is 11.1 Å². The molecule has 1 saturated heterocycles. The largest absolute Gasteiger partial charge is 0.409 e. The van der Waals surface area contributed by atoms with Gasteiger partial charge in [0.25, 0.3) is 0 Å². The highest BCUT2D eigenvalue weighted by atomic mass is 19.4. The van der Waals surface area contributed by atoms with Crippen LogP contribution >= 0.6 is 0 Å². The van der Waals surface area contributed by atoms with E-state index >= 15 is 0 Å². The predicted molar refractivity (Wildman–Crippen MR) is 57.2 cm³/mol. The van der Waals surface area contributed by atoms with Crippen LogP contribution in [0, 0.1) is 5.92 Å². The van der Waals surface area contributed by atoms with Crippen LogP contribution in [0.5, 0.6) is 0 Å². The van der Waals surface area contributed by atoms with Crippen molar-refractivity contribution in [1.29, 1.82) is 0 Å². The molecule has 0 aliphatic carbocycles. The topological polar surface area (TPSA) is 91.0 Å². The molecule has 0 aromatic heterocycles. The lowest BCUT2D eigenvalue weighted by atomic mass is 9.97. The van der Waals surface area contributed by atoms with Crippen molar-refractivity contribution in [2.75, 3.05) is 19.6 Å². The van der Waals surface area contributed by atoms with Crippen LogP contribution in [0.3, 0.4) is 0 Å². The molecule has 1 heterocycles. The number of carbonyl (C=O) groups excluding carboxylic acids is 1. The molecule has 18 heavy (non-hydrogen) atoms. The molecular formula is C9H15F3N4O2. The molecule has 0 bridgehead atoms. The molecule has 0 radical (unpaired) electrons. The normalized spacial score (nSPS) is 21.8. The second kappa shape index (κ2) is 5.78. The van der Waals surface area contributed by atoms with E-state index in [1.54, 1.807) is 5.32 Å². The van der Waals surface area contributed by atoms with Gasteiger partial charge in [-0.1, -0.05) is 5.16 Å². The Hall–Kier alpha value is -1.67. The second-order valence-corrected chi connectivity index (χ2v) is 4.08. The van der Waals surface area contributed by atoms with E-state index in [2.05, 4.69) is 5.16 Å². The molecule has 104 valence electrons. The molecule has 1 atom stereocenters. The van der Waals surface area contributed by atoms with Crippen molar-refractivity contribution in [3.63, 3.8) is 0 Å². The van der Waals surface area contributed by atoms with Crippen molar-refractivity contribution in [3.8, 4) is 0 Å². The molecule has 1 unspecified atom stereocenters. The maximum atomic E-state index is 11.9. The van der Waals surface area contributed by atoms with E-state index in [1.165, 1.54) is 4.90 Å². The molecule has 1 aliphatic rings. The molecule has 6 nitrogen and oxygen atoms in total. The van der Waals surface area contributed by atoms with Gasteiger partial charge >= 0.3 is 12.2 Å². The Morgan fingerprint density at radius 1 is 1.56 bits per heavy atom. The van der Waals surface area contributed by atoms with E-state index in [4.69, 9.17) is 10.9 Å². The van der Waals surface area contributed by atoms with Crippen molar-refractivity contribution in [1.82, 2.24) is 10.2 Å².